The Hall–Kier alpha value is -0.650. The van der Waals surface area contributed by atoms with E-state index in [1.807, 2.05) is 4.90 Å². The molecule has 3 aliphatic heterocycles. The second kappa shape index (κ2) is 6.10. The molecular weight excluding hydrogens is 278 g/mol. The van der Waals surface area contributed by atoms with Gasteiger partial charge < -0.3 is 19.8 Å². The molecule has 1 N–H and O–H groups in total. The van der Waals surface area contributed by atoms with Crippen LogP contribution in [0.4, 0.5) is 0 Å². The molecule has 126 valence electrons. The molecule has 3 rings (SSSR count). The molecule has 0 radical (unpaired) electrons. The van der Waals surface area contributed by atoms with Crippen molar-refractivity contribution in [2.45, 2.75) is 44.6 Å². The highest BCUT2D eigenvalue weighted by atomic mass is 16.3. The SMILES string of the molecule is CN1CCC(C)(C(=O)N2CCC(O)(CN3CCCC3)CC2)C1. The molecule has 5 heteroatoms. The normalized spacial score (nSPS) is 33.5. The van der Waals surface area contributed by atoms with Crippen molar-refractivity contribution in [2.24, 2.45) is 5.41 Å². The van der Waals surface area contributed by atoms with Crippen molar-refractivity contribution in [3.8, 4) is 0 Å². The number of nitrogens with zero attached hydrogens (tertiary/aromatic N) is 3. The van der Waals surface area contributed by atoms with E-state index in [1.54, 1.807) is 0 Å². The molecule has 0 aromatic rings. The van der Waals surface area contributed by atoms with Crippen molar-refractivity contribution >= 4 is 5.91 Å². The Morgan fingerprint density at radius 1 is 1.05 bits per heavy atom. The highest BCUT2D eigenvalue weighted by Crippen LogP contribution is 2.33. The van der Waals surface area contributed by atoms with Gasteiger partial charge in [-0.15, -0.1) is 0 Å². The van der Waals surface area contributed by atoms with Gasteiger partial charge in [-0.1, -0.05) is 0 Å². The number of amides is 1. The number of hydrogen-bond acceptors (Lipinski definition) is 4. The second-order valence-electron chi connectivity index (χ2n) is 8.05. The number of likely N-dealkylation sites (tertiary alicyclic amines) is 3. The largest absolute Gasteiger partial charge is 0.388 e. The Balaban J connectivity index is 1.53. The second-order valence-corrected chi connectivity index (χ2v) is 8.05. The molecule has 3 fully saturated rings. The summed E-state index contributed by atoms with van der Waals surface area (Å²) in [7, 11) is 2.09. The molecule has 0 spiro atoms. The molecule has 0 bridgehead atoms. The van der Waals surface area contributed by atoms with Gasteiger partial charge in [-0.25, -0.2) is 0 Å². The number of aliphatic hydroxyl groups is 1. The summed E-state index contributed by atoms with van der Waals surface area (Å²) < 4.78 is 0. The summed E-state index contributed by atoms with van der Waals surface area (Å²) >= 11 is 0. The Kier molecular flexibility index (Phi) is 4.49. The van der Waals surface area contributed by atoms with Crippen LogP contribution in [0.15, 0.2) is 0 Å². The fourth-order valence-electron chi connectivity index (χ4n) is 4.39. The van der Waals surface area contributed by atoms with Gasteiger partial charge in [-0.3, -0.25) is 4.79 Å². The first-order chi connectivity index (χ1) is 10.4. The molecule has 0 saturated carbocycles. The Bertz CT molecular complexity index is 414. The summed E-state index contributed by atoms with van der Waals surface area (Å²) in [5, 5.41) is 10.8. The zero-order chi connectivity index (χ0) is 15.8. The molecular formula is C17H31N3O2. The van der Waals surface area contributed by atoms with Crippen LogP contribution in [0, 0.1) is 5.41 Å². The quantitative estimate of drug-likeness (QED) is 0.837. The van der Waals surface area contributed by atoms with E-state index in [2.05, 4.69) is 23.8 Å². The minimum atomic E-state index is -0.589. The van der Waals surface area contributed by atoms with E-state index in [9.17, 15) is 9.90 Å². The van der Waals surface area contributed by atoms with Crippen molar-refractivity contribution in [2.75, 3.05) is 52.9 Å². The van der Waals surface area contributed by atoms with E-state index in [0.29, 0.717) is 19.0 Å². The van der Waals surface area contributed by atoms with Gasteiger partial charge in [-0.05, 0) is 65.7 Å². The van der Waals surface area contributed by atoms with Crippen LogP contribution in [0.2, 0.25) is 0 Å². The minimum Gasteiger partial charge on any atom is -0.388 e. The van der Waals surface area contributed by atoms with E-state index in [0.717, 1.165) is 52.0 Å². The first-order valence-electron chi connectivity index (χ1n) is 8.83. The number of rotatable bonds is 3. The third-order valence-electron chi connectivity index (χ3n) is 5.88. The molecule has 1 amide bonds. The maximum absolute atomic E-state index is 12.8. The molecule has 1 unspecified atom stereocenters. The standard InChI is InChI=1S/C17H31N3O2/c1-16(5-10-18(2)13-16)15(21)20-11-6-17(22,7-12-20)14-19-8-3-4-9-19/h22H,3-14H2,1-2H3. The molecule has 3 aliphatic rings. The summed E-state index contributed by atoms with van der Waals surface area (Å²) in [5.74, 6) is 0.292. The first kappa shape index (κ1) is 16.2. The molecule has 0 aromatic heterocycles. The van der Waals surface area contributed by atoms with E-state index in [-0.39, 0.29) is 5.41 Å². The molecule has 1 atom stereocenters. The van der Waals surface area contributed by atoms with Gasteiger partial charge in [-0.2, -0.15) is 0 Å². The molecule has 3 heterocycles. The van der Waals surface area contributed by atoms with Gasteiger partial charge in [0.15, 0.2) is 0 Å². The van der Waals surface area contributed by atoms with E-state index in [1.165, 1.54) is 12.8 Å². The lowest BCUT2D eigenvalue weighted by Crippen LogP contribution is -2.54. The third-order valence-corrected chi connectivity index (χ3v) is 5.88. The van der Waals surface area contributed by atoms with Crippen LogP contribution in [0.25, 0.3) is 0 Å². The number of piperidine rings is 1. The summed E-state index contributed by atoms with van der Waals surface area (Å²) in [4.78, 5) is 19.4. The zero-order valence-corrected chi connectivity index (χ0v) is 14.2. The smallest absolute Gasteiger partial charge is 0.229 e. The van der Waals surface area contributed by atoms with Crippen LogP contribution in [0.3, 0.4) is 0 Å². The van der Waals surface area contributed by atoms with Crippen molar-refractivity contribution in [1.29, 1.82) is 0 Å². The van der Waals surface area contributed by atoms with Crippen molar-refractivity contribution in [3.05, 3.63) is 0 Å². The van der Waals surface area contributed by atoms with Gasteiger partial charge in [0.1, 0.15) is 0 Å². The average Bonchev–Trinajstić information content (AvgIpc) is 3.09. The summed E-state index contributed by atoms with van der Waals surface area (Å²) in [6.07, 6.45) is 4.92. The van der Waals surface area contributed by atoms with Crippen molar-refractivity contribution < 1.29 is 9.90 Å². The number of carbonyl (C=O) groups is 1. The third kappa shape index (κ3) is 3.31. The lowest BCUT2D eigenvalue weighted by molar-refractivity contribution is -0.145. The summed E-state index contributed by atoms with van der Waals surface area (Å²) in [6, 6.07) is 0. The van der Waals surface area contributed by atoms with Gasteiger partial charge >= 0.3 is 0 Å². The predicted octanol–water partition coefficient (Wildman–Crippen LogP) is 0.778. The maximum Gasteiger partial charge on any atom is 0.229 e. The lowest BCUT2D eigenvalue weighted by Gasteiger charge is -2.42. The fraction of sp³-hybridized carbons (Fsp3) is 0.941. The molecule has 22 heavy (non-hydrogen) atoms. The minimum absolute atomic E-state index is 0.223. The zero-order valence-electron chi connectivity index (χ0n) is 14.2. The van der Waals surface area contributed by atoms with Crippen LogP contribution < -0.4 is 0 Å². The van der Waals surface area contributed by atoms with Crippen LogP contribution in [-0.2, 0) is 4.79 Å². The van der Waals surface area contributed by atoms with Crippen LogP contribution in [0.1, 0.15) is 39.0 Å². The predicted molar refractivity (Wildman–Crippen MR) is 86.7 cm³/mol. The molecule has 0 aliphatic carbocycles. The Morgan fingerprint density at radius 3 is 2.23 bits per heavy atom. The van der Waals surface area contributed by atoms with Gasteiger partial charge in [0.05, 0.1) is 11.0 Å². The molecule has 0 aromatic carbocycles. The average molecular weight is 309 g/mol. The van der Waals surface area contributed by atoms with E-state index in [4.69, 9.17) is 0 Å². The Morgan fingerprint density at radius 2 is 1.68 bits per heavy atom. The van der Waals surface area contributed by atoms with Crippen LogP contribution in [0.5, 0.6) is 0 Å². The van der Waals surface area contributed by atoms with Crippen molar-refractivity contribution in [1.82, 2.24) is 14.7 Å². The van der Waals surface area contributed by atoms with Crippen LogP contribution in [-0.4, -0.2) is 84.2 Å². The summed E-state index contributed by atoms with van der Waals surface area (Å²) in [5.41, 5.74) is -0.812. The van der Waals surface area contributed by atoms with Crippen LogP contribution >= 0.6 is 0 Å². The number of carbonyl (C=O) groups excluding carboxylic acids is 1. The number of hydrogen-bond donors (Lipinski definition) is 1. The van der Waals surface area contributed by atoms with E-state index < -0.39 is 5.60 Å². The maximum atomic E-state index is 12.8. The topological polar surface area (TPSA) is 47.0 Å². The highest BCUT2D eigenvalue weighted by Gasteiger charge is 2.44. The highest BCUT2D eigenvalue weighted by molar-refractivity contribution is 5.83. The Labute approximate surface area is 134 Å². The molecule has 5 nitrogen and oxygen atoms in total. The van der Waals surface area contributed by atoms with Crippen molar-refractivity contribution in [3.63, 3.8) is 0 Å². The monoisotopic (exact) mass is 309 g/mol. The molecule has 3 saturated heterocycles. The first-order valence-corrected chi connectivity index (χ1v) is 8.83. The fourth-order valence-corrected chi connectivity index (χ4v) is 4.39. The van der Waals surface area contributed by atoms with Gasteiger partial charge in [0.2, 0.25) is 5.91 Å². The summed E-state index contributed by atoms with van der Waals surface area (Å²) in [6.45, 7) is 8.42. The lowest BCUT2D eigenvalue weighted by atomic mass is 9.85. The van der Waals surface area contributed by atoms with Gasteiger partial charge in [0.25, 0.3) is 0 Å². The van der Waals surface area contributed by atoms with E-state index >= 15 is 0 Å². The van der Waals surface area contributed by atoms with Gasteiger partial charge in [0, 0.05) is 26.2 Å². The number of β-amino-alcohol motifs (C(OH)–C–C–N with tert-alkyl or cyclic N) is 1.